The normalized spacial score (nSPS) is 12.2. The van der Waals surface area contributed by atoms with Gasteiger partial charge in [0.25, 0.3) is 0 Å². The van der Waals surface area contributed by atoms with Gasteiger partial charge >= 0.3 is 5.69 Å². The lowest BCUT2D eigenvalue weighted by Gasteiger charge is -2.10. The molecule has 4 nitrogen and oxygen atoms in total. The van der Waals surface area contributed by atoms with E-state index < -0.39 is 4.92 Å². The van der Waals surface area contributed by atoms with Crippen molar-refractivity contribution in [3.05, 3.63) is 28.3 Å². The van der Waals surface area contributed by atoms with Gasteiger partial charge in [0.15, 0.2) is 5.75 Å². The van der Waals surface area contributed by atoms with Gasteiger partial charge in [-0.1, -0.05) is 13.8 Å². The van der Waals surface area contributed by atoms with E-state index in [2.05, 4.69) is 0 Å². The molecule has 6 heteroatoms. The fourth-order valence-electron chi connectivity index (χ4n) is 1.31. The van der Waals surface area contributed by atoms with Crippen LogP contribution in [0.5, 0.6) is 5.75 Å². The summed E-state index contributed by atoms with van der Waals surface area (Å²) in [6, 6.07) is 4.92. The van der Waals surface area contributed by atoms with Gasteiger partial charge in [0.2, 0.25) is 0 Å². The molecule has 0 saturated heterocycles. The largest absolute Gasteiger partial charge is 0.487 e. The van der Waals surface area contributed by atoms with Crippen LogP contribution < -0.4 is 4.74 Å². The molecule has 0 aliphatic carbocycles. The first kappa shape index (κ1) is 15.1. The quantitative estimate of drug-likeness (QED) is 0.328. The molecule has 100 valence electrons. The topological polar surface area (TPSA) is 52.4 Å². The van der Waals surface area contributed by atoms with Crippen LogP contribution in [-0.4, -0.2) is 22.7 Å². The SMILES string of the molecule is CCCOc1cc(SC(C)CCl)ccc1[N+](=O)[O-]. The third-order valence-electron chi connectivity index (χ3n) is 2.14. The summed E-state index contributed by atoms with van der Waals surface area (Å²) >= 11 is 7.32. The van der Waals surface area contributed by atoms with Gasteiger partial charge in [-0.25, -0.2) is 0 Å². The number of nitro groups is 1. The van der Waals surface area contributed by atoms with Gasteiger partial charge in [0.05, 0.1) is 11.5 Å². The summed E-state index contributed by atoms with van der Waals surface area (Å²) in [5.74, 6) is 0.862. The van der Waals surface area contributed by atoms with Crippen molar-refractivity contribution >= 4 is 29.1 Å². The van der Waals surface area contributed by atoms with Crippen molar-refractivity contribution < 1.29 is 9.66 Å². The number of nitrogens with zero attached hydrogens (tertiary/aromatic N) is 1. The number of thioether (sulfide) groups is 1. The maximum atomic E-state index is 10.9. The molecule has 0 N–H and O–H groups in total. The van der Waals surface area contributed by atoms with Crippen LogP contribution >= 0.6 is 23.4 Å². The van der Waals surface area contributed by atoms with E-state index >= 15 is 0 Å². The number of halogens is 1. The maximum Gasteiger partial charge on any atom is 0.310 e. The Balaban J connectivity index is 2.93. The first-order chi connectivity index (χ1) is 8.58. The van der Waals surface area contributed by atoms with Crippen molar-refractivity contribution in [3.8, 4) is 5.75 Å². The van der Waals surface area contributed by atoms with Crippen molar-refractivity contribution in [2.24, 2.45) is 0 Å². The summed E-state index contributed by atoms with van der Waals surface area (Å²) in [4.78, 5) is 11.4. The lowest BCUT2D eigenvalue weighted by molar-refractivity contribution is -0.385. The lowest BCUT2D eigenvalue weighted by Crippen LogP contribution is -2.01. The zero-order chi connectivity index (χ0) is 13.5. The van der Waals surface area contributed by atoms with Crippen LogP contribution in [0.1, 0.15) is 20.3 Å². The molecule has 1 atom stereocenters. The Hall–Kier alpha value is -0.940. The van der Waals surface area contributed by atoms with Crippen LogP contribution in [0.25, 0.3) is 0 Å². The van der Waals surface area contributed by atoms with Gasteiger partial charge in [-0.2, -0.15) is 0 Å². The third-order valence-corrected chi connectivity index (χ3v) is 3.89. The predicted octanol–water partition coefficient (Wildman–Crippen LogP) is 4.10. The lowest BCUT2D eigenvalue weighted by atomic mass is 10.3. The molecule has 0 aliphatic heterocycles. The Bertz CT molecular complexity index is 414. The Labute approximate surface area is 116 Å². The second-order valence-electron chi connectivity index (χ2n) is 3.82. The van der Waals surface area contributed by atoms with Crippen molar-refractivity contribution in [1.29, 1.82) is 0 Å². The third kappa shape index (κ3) is 4.38. The number of hydrogen-bond acceptors (Lipinski definition) is 4. The Morgan fingerprint density at radius 3 is 2.83 bits per heavy atom. The van der Waals surface area contributed by atoms with E-state index in [-0.39, 0.29) is 10.9 Å². The van der Waals surface area contributed by atoms with Gasteiger partial charge in [0, 0.05) is 28.2 Å². The molecule has 1 rings (SSSR count). The van der Waals surface area contributed by atoms with Crippen LogP contribution in [-0.2, 0) is 0 Å². The zero-order valence-corrected chi connectivity index (χ0v) is 12.0. The second kappa shape index (κ2) is 7.48. The Morgan fingerprint density at radius 1 is 1.56 bits per heavy atom. The molecule has 1 aromatic rings. The fourth-order valence-corrected chi connectivity index (χ4v) is 2.35. The van der Waals surface area contributed by atoms with Crippen molar-refractivity contribution in [1.82, 2.24) is 0 Å². The van der Waals surface area contributed by atoms with E-state index in [1.807, 2.05) is 13.8 Å². The highest BCUT2D eigenvalue weighted by Gasteiger charge is 2.16. The van der Waals surface area contributed by atoms with Crippen LogP contribution in [0, 0.1) is 10.1 Å². The number of alkyl halides is 1. The van der Waals surface area contributed by atoms with Gasteiger partial charge in [-0.05, 0) is 12.5 Å². The molecular formula is C12H16ClNO3S. The van der Waals surface area contributed by atoms with Crippen molar-refractivity contribution in [2.45, 2.75) is 30.4 Å². The fraction of sp³-hybridized carbons (Fsp3) is 0.500. The summed E-state index contributed by atoms with van der Waals surface area (Å²) in [7, 11) is 0. The smallest absolute Gasteiger partial charge is 0.310 e. The molecule has 0 fully saturated rings. The van der Waals surface area contributed by atoms with E-state index in [0.717, 1.165) is 11.3 Å². The average molecular weight is 290 g/mol. The predicted molar refractivity (Wildman–Crippen MR) is 74.9 cm³/mol. The van der Waals surface area contributed by atoms with E-state index in [0.29, 0.717) is 18.2 Å². The molecule has 1 aromatic carbocycles. The van der Waals surface area contributed by atoms with Crippen molar-refractivity contribution in [2.75, 3.05) is 12.5 Å². The first-order valence-electron chi connectivity index (χ1n) is 5.72. The highest BCUT2D eigenvalue weighted by atomic mass is 35.5. The first-order valence-corrected chi connectivity index (χ1v) is 7.13. The molecule has 0 spiro atoms. The Morgan fingerprint density at radius 2 is 2.28 bits per heavy atom. The standard InChI is InChI=1S/C12H16ClNO3S/c1-3-6-17-12-7-10(18-9(2)8-13)4-5-11(12)14(15)16/h4-5,7,9H,3,6,8H2,1-2H3. The molecule has 0 aromatic heterocycles. The van der Waals surface area contributed by atoms with Crippen molar-refractivity contribution in [3.63, 3.8) is 0 Å². The maximum absolute atomic E-state index is 10.9. The highest BCUT2D eigenvalue weighted by molar-refractivity contribution is 8.00. The summed E-state index contributed by atoms with van der Waals surface area (Å²) in [5.41, 5.74) is 0.00586. The van der Waals surface area contributed by atoms with E-state index in [1.165, 1.54) is 6.07 Å². The summed E-state index contributed by atoms with van der Waals surface area (Å²) in [6.07, 6.45) is 0.812. The molecule has 0 aliphatic rings. The van der Waals surface area contributed by atoms with Crippen LogP contribution in [0.4, 0.5) is 5.69 Å². The van der Waals surface area contributed by atoms with Crippen LogP contribution in [0.3, 0.4) is 0 Å². The summed E-state index contributed by atoms with van der Waals surface area (Å²) in [5, 5.41) is 11.1. The number of hydrogen-bond donors (Lipinski definition) is 0. The molecule has 0 bridgehead atoms. The zero-order valence-electron chi connectivity index (χ0n) is 10.4. The molecule has 0 saturated carbocycles. The molecule has 0 amide bonds. The monoisotopic (exact) mass is 289 g/mol. The van der Waals surface area contributed by atoms with Gasteiger partial charge < -0.3 is 4.74 Å². The van der Waals surface area contributed by atoms with Gasteiger partial charge in [-0.15, -0.1) is 23.4 Å². The highest BCUT2D eigenvalue weighted by Crippen LogP contribution is 2.33. The van der Waals surface area contributed by atoms with Crippen LogP contribution in [0.2, 0.25) is 0 Å². The minimum Gasteiger partial charge on any atom is -0.487 e. The summed E-state index contributed by atoms with van der Waals surface area (Å²) < 4.78 is 5.42. The van der Waals surface area contributed by atoms with E-state index in [4.69, 9.17) is 16.3 Å². The number of nitro benzene ring substituents is 1. The summed E-state index contributed by atoms with van der Waals surface area (Å²) in [6.45, 7) is 4.44. The number of ether oxygens (including phenoxy) is 1. The Kier molecular flexibility index (Phi) is 6.29. The van der Waals surface area contributed by atoms with Gasteiger partial charge in [-0.3, -0.25) is 10.1 Å². The number of rotatable bonds is 7. The van der Waals surface area contributed by atoms with Gasteiger partial charge in [0.1, 0.15) is 0 Å². The minimum absolute atomic E-state index is 0.00586. The molecule has 18 heavy (non-hydrogen) atoms. The minimum atomic E-state index is -0.426. The van der Waals surface area contributed by atoms with E-state index in [1.54, 1.807) is 23.9 Å². The molecule has 1 unspecified atom stereocenters. The molecule has 0 heterocycles. The number of benzene rings is 1. The molecular weight excluding hydrogens is 274 g/mol. The average Bonchev–Trinajstić information content (AvgIpc) is 2.36. The molecule has 0 radical (unpaired) electrons. The second-order valence-corrected chi connectivity index (χ2v) is 5.64. The van der Waals surface area contributed by atoms with E-state index in [9.17, 15) is 10.1 Å². The van der Waals surface area contributed by atoms with Crippen LogP contribution in [0.15, 0.2) is 23.1 Å².